The maximum absolute atomic E-state index is 12.1. The quantitative estimate of drug-likeness (QED) is 0.488. The van der Waals surface area contributed by atoms with Crippen LogP contribution in [0.1, 0.15) is 39.5 Å². The predicted molar refractivity (Wildman–Crippen MR) is 76.1 cm³/mol. The maximum Gasteiger partial charge on any atom is 0.214 e. The Morgan fingerprint density at radius 2 is 2.06 bits per heavy atom. The molecule has 106 valence electrons. The highest BCUT2D eigenvalue weighted by molar-refractivity contribution is 7.89. The van der Waals surface area contributed by atoms with Gasteiger partial charge in [-0.2, -0.15) is 4.31 Å². The third-order valence-electron chi connectivity index (χ3n) is 3.08. The summed E-state index contributed by atoms with van der Waals surface area (Å²) in [7, 11) is -3.13. The fraction of sp³-hybridized carbons (Fsp3) is 0.846. The van der Waals surface area contributed by atoms with Crippen molar-refractivity contribution in [3.8, 4) is 0 Å². The molecule has 1 aliphatic carbocycles. The van der Waals surface area contributed by atoms with Crippen LogP contribution in [0.5, 0.6) is 0 Å². The lowest BCUT2D eigenvalue weighted by Gasteiger charge is -2.24. The summed E-state index contributed by atoms with van der Waals surface area (Å²) in [5.74, 6) is 0.241. The van der Waals surface area contributed by atoms with Crippen LogP contribution < -0.4 is 5.32 Å². The van der Waals surface area contributed by atoms with E-state index in [4.69, 9.17) is 0 Å². The van der Waals surface area contributed by atoms with Gasteiger partial charge in [0.15, 0.2) is 0 Å². The van der Waals surface area contributed by atoms with Crippen LogP contribution in [0.2, 0.25) is 0 Å². The lowest BCUT2D eigenvalue weighted by molar-refractivity contribution is 0.382. The molecular weight excluding hydrogens is 248 g/mol. The molecule has 0 aliphatic heterocycles. The fourth-order valence-electron chi connectivity index (χ4n) is 1.89. The topological polar surface area (TPSA) is 49.4 Å². The van der Waals surface area contributed by atoms with E-state index in [9.17, 15) is 8.42 Å². The number of hydrogen-bond acceptors (Lipinski definition) is 3. The molecule has 0 spiro atoms. The van der Waals surface area contributed by atoms with Crippen molar-refractivity contribution in [3.05, 3.63) is 12.7 Å². The lowest BCUT2D eigenvalue weighted by Crippen LogP contribution is -2.38. The smallest absolute Gasteiger partial charge is 0.214 e. The van der Waals surface area contributed by atoms with E-state index in [0.717, 1.165) is 19.4 Å². The molecule has 1 rings (SSSR count). The molecule has 0 heterocycles. The Morgan fingerprint density at radius 3 is 2.56 bits per heavy atom. The Labute approximate surface area is 111 Å². The summed E-state index contributed by atoms with van der Waals surface area (Å²) in [5, 5.41) is 3.40. The normalized spacial score (nSPS) is 16.4. The second-order valence-electron chi connectivity index (χ2n) is 5.20. The molecule has 18 heavy (non-hydrogen) atoms. The van der Waals surface area contributed by atoms with Crippen molar-refractivity contribution in [3.63, 3.8) is 0 Å². The van der Waals surface area contributed by atoms with E-state index in [-0.39, 0.29) is 11.8 Å². The molecule has 0 aromatic rings. The summed E-state index contributed by atoms with van der Waals surface area (Å²) in [4.78, 5) is 0. The minimum absolute atomic E-state index is 0.00223. The van der Waals surface area contributed by atoms with Gasteiger partial charge in [-0.15, -0.1) is 6.58 Å². The van der Waals surface area contributed by atoms with Gasteiger partial charge in [0.05, 0.1) is 5.75 Å². The molecule has 1 fully saturated rings. The van der Waals surface area contributed by atoms with E-state index < -0.39 is 10.0 Å². The van der Waals surface area contributed by atoms with Crippen molar-refractivity contribution in [2.75, 3.05) is 18.8 Å². The largest absolute Gasteiger partial charge is 0.314 e. The minimum Gasteiger partial charge on any atom is -0.314 e. The zero-order chi connectivity index (χ0) is 13.6. The van der Waals surface area contributed by atoms with Gasteiger partial charge in [-0.25, -0.2) is 8.42 Å². The number of unbranched alkanes of at least 4 members (excludes halogenated alkanes) is 1. The molecule has 0 aromatic heterocycles. The number of hydrogen-bond donors (Lipinski definition) is 1. The number of sulfonamides is 1. The molecular formula is C13H26N2O2S. The third-order valence-corrected chi connectivity index (χ3v) is 5.17. The first-order valence-corrected chi connectivity index (χ1v) is 8.42. The van der Waals surface area contributed by atoms with Gasteiger partial charge in [0, 0.05) is 18.6 Å². The molecule has 0 amide bonds. The molecule has 1 aliphatic rings. The molecule has 0 bridgehead atoms. The van der Waals surface area contributed by atoms with Gasteiger partial charge in [-0.05, 0) is 46.1 Å². The molecule has 1 N–H and O–H groups in total. The summed E-state index contributed by atoms with van der Waals surface area (Å²) in [6, 6.07) is 0.701. The molecule has 0 saturated heterocycles. The second-order valence-corrected chi connectivity index (χ2v) is 7.24. The van der Waals surface area contributed by atoms with Crippen LogP contribution in [0.4, 0.5) is 0 Å². The van der Waals surface area contributed by atoms with Gasteiger partial charge >= 0.3 is 0 Å². The van der Waals surface area contributed by atoms with Crippen LogP contribution in [0.15, 0.2) is 12.7 Å². The molecule has 0 atom stereocenters. The van der Waals surface area contributed by atoms with Crippen LogP contribution in [0.3, 0.4) is 0 Å². The van der Waals surface area contributed by atoms with Crippen molar-refractivity contribution in [1.82, 2.24) is 9.62 Å². The van der Waals surface area contributed by atoms with Crippen LogP contribution in [0.25, 0.3) is 0 Å². The Hall–Kier alpha value is -0.390. The van der Waals surface area contributed by atoms with Crippen molar-refractivity contribution < 1.29 is 8.42 Å². The van der Waals surface area contributed by atoms with Crippen LogP contribution in [0, 0.1) is 0 Å². The van der Waals surface area contributed by atoms with Gasteiger partial charge in [-0.3, -0.25) is 0 Å². The molecule has 0 radical (unpaired) electrons. The first kappa shape index (κ1) is 15.7. The highest BCUT2D eigenvalue weighted by Gasteiger charge is 2.23. The molecule has 0 aromatic carbocycles. The van der Waals surface area contributed by atoms with E-state index in [1.54, 1.807) is 6.08 Å². The van der Waals surface area contributed by atoms with E-state index >= 15 is 0 Å². The Morgan fingerprint density at radius 1 is 1.39 bits per heavy atom. The van der Waals surface area contributed by atoms with Crippen LogP contribution in [-0.4, -0.2) is 43.6 Å². The third kappa shape index (κ3) is 5.50. The Balaban J connectivity index is 2.28. The van der Waals surface area contributed by atoms with Gasteiger partial charge in [0.2, 0.25) is 10.0 Å². The zero-order valence-corrected chi connectivity index (χ0v) is 12.4. The van der Waals surface area contributed by atoms with E-state index in [2.05, 4.69) is 11.9 Å². The fourth-order valence-corrected chi connectivity index (χ4v) is 3.67. The highest BCUT2D eigenvalue weighted by atomic mass is 32.2. The van der Waals surface area contributed by atoms with E-state index in [1.165, 1.54) is 17.1 Å². The SMILES string of the molecule is C=CCN(C(C)C)S(=O)(=O)CCCCNC1CC1. The average molecular weight is 274 g/mol. The van der Waals surface area contributed by atoms with Crippen molar-refractivity contribution in [2.45, 2.75) is 51.6 Å². The standard InChI is InChI=1S/C13H26N2O2S/c1-4-10-15(12(2)3)18(16,17)11-6-5-9-14-13-7-8-13/h4,12-14H,1,5-11H2,2-3H3. The second kappa shape index (κ2) is 7.26. The van der Waals surface area contributed by atoms with Crippen molar-refractivity contribution in [2.24, 2.45) is 0 Å². The lowest BCUT2D eigenvalue weighted by atomic mass is 10.3. The van der Waals surface area contributed by atoms with Crippen LogP contribution >= 0.6 is 0 Å². The van der Waals surface area contributed by atoms with Gasteiger partial charge in [-0.1, -0.05) is 6.08 Å². The minimum atomic E-state index is -3.13. The highest BCUT2D eigenvalue weighted by Crippen LogP contribution is 2.18. The van der Waals surface area contributed by atoms with E-state index in [1.807, 2.05) is 13.8 Å². The molecule has 0 unspecified atom stereocenters. The summed E-state index contributed by atoms with van der Waals surface area (Å²) >= 11 is 0. The molecule has 1 saturated carbocycles. The Bertz CT molecular complexity index is 348. The van der Waals surface area contributed by atoms with Crippen molar-refractivity contribution >= 4 is 10.0 Å². The predicted octanol–water partition coefficient (Wildman–Crippen LogP) is 1.74. The van der Waals surface area contributed by atoms with Crippen molar-refractivity contribution in [1.29, 1.82) is 0 Å². The average Bonchev–Trinajstić information content (AvgIpc) is 3.08. The molecule has 5 heteroatoms. The summed E-state index contributed by atoms with van der Waals surface area (Å²) in [6.45, 7) is 8.75. The van der Waals surface area contributed by atoms with E-state index in [0.29, 0.717) is 12.6 Å². The summed E-state index contributed by atoms with van der Waals surface area (Å²) in [5.41, 5.74) is 0. The zero-order valence-electron chi connectivity index (χ0n) is 11.6. The number of nitrogens with one attached hydrogen (secondary N) is 1. The molecule has 4 nitrogen and oxygen atoms in total. The number of rotatable bonds is 10. The number of nitrogens with zero attached hydrogens (tertiary/aromatic N) is 1. The summed E-state index contributed by atoms with van der Waals surface area (Å²) in [6.07, 6.45) is 5.85. The first-order valence-electron chi connectivity index (χ1n) is 6.81. The monoisotopic (exact) mass is 274 g/mol. The van der Waals surface area contributed by atoms with Gasteiger partial charge in [0.25, 0.3) is 0 Å². The first-order chi connectivity index (χ1) is 8.47. The van der Waals surface area contributed by atoms with Gasteiger partial charge < -0.3 is 5.32 Å². The summed E-state index contributed by atoms with van der Waals surface area (Å²) < 4.78 is 25.8. The Kier molecular flexibility index (Phi) is 6.32. The maximum atomic E-state index is 12.1. The van der Waals surface area contributed by atoms with Crippen LogP contribution in [-0.2, 0) is 10.0 Å². The van der Waals surface area contributed by atoms with Gasteiger partial charge in [0.1, 0.15) is 0 Å².